The molecule has 8 rings (SSSR count). The molecular weight excluding hydrogens is 828 g/mol. The average Bonchev–Trinajstić information content (AvgIpc) is 3.80. The maximum atomic E-state index is 9.59. The molecule has 4 aromatic rings. The van der Waals surface area contributed by atoms with Crippen LogP contribution >= 0.6 is 45.2 Å². The van der Waals surface area contributed by atoms with E-state index >= 15 is 0 Å². The van der Waals surface area contributed by atoms with E-state index in [9.17, 15) is 5.11 Å². The first kappa shape index (κ1) is 32.5. The molecule has 0 radical (unpaired) electrons. The Hall–Kier alpha value is -2.02. The van der Waals surface area contributed by atoms with Crippen molar-refractivity contribution in [1.29, 1.82) is 0 Å². The summed E-state index contributed by atoms with van der Waals surface area (Å²) < 4.78 is 41.7. The number of nitrogens with zero attached hydrogens (tertiary/aromatic N) is 6. The fourth-order valence-electron chi connectivity index (χ4n) is 6.61. The molecule has 46 heavy (non-hydrogen) atoms. The monoisotopic (exact) mass is 863 g/mol. The number of aromatic nitrogens is 6. The summed E-state index contributed by atoms with van der Waals surface area (Å²) in [5.74, 6) is -0.494. The molecule has 0 saturated carbocycles. The third-order valence-corrected chi connectivity index (χ3v) is 10.0. The summed E-state index contributed by atoms with van der Waals surface area (Å²) in [4.78, 5) is 16.8. The lowest BCUT2D eigenvalue weighted by molar-refractivity contribution is -0.199. The molecule has 0 aliphatic carbocycles. The first-order valence-electron chi connectivity index (χ1n) is 14.7. The van der Waals surface area contributed by atoms with Crippen LogP contribution in [0.25, 0.3) is 22.1 Å². The fraction of sp³-hybridized carbons (Fsp3) is 0.571. The molecule has 4 aliphatic rings. The highest BCUT2D eigenvalue weighted by Gasteiger charge is 2.57. The van der Waals surface area contributed by atoms with E-state index in [-0.39, 0.29) is 43.4 Å². The van der Waals surface area contributed by atoms with Crippen LogP contribution in [-0.4, -0.2) is 95.5 Å². The highest BCUT2D eigenvalue weighted by atomic mass is 127. The second-order valence-corrected chi connectivity index (χ2v) is 14.7. The van der Waals surface area contributed by atoms with E-state index in [1.165, 1.54) is 12.7 Å². The predicted molar refractivity (Wildman–Crippen MR) is 181 cm³/mol. The lowest BCUT2D eigenvalue weighted by atomic mass is 10.1. The largest absolute Gasteiger partial charge is 0.394 e. The zero-order valence-electron chi connectivity index (χ0n) is 25.4. The SMILES string of the molecule is CC1(C)O[C@@H]2[C@H](O1)[C@@H](CN)O[C@H]2n1cc(I)c2c(N)ncnc21.CC1(C)O[C@@H]2[C@H](O1)[C@@H](CO)O[C@H]2n1cc(I)c2c(N)ncnc21. The molecule has 8 atom stereocenters. The zero-order chi connectivity index (χ0) is 32.7. The van der Waals surface area contributed by atoms with E-state index in [0.717, 1.165) is 23.6 Å². The Kier molecular flexibility index (Phi) is 8.37. The van der Waals surface area contributed by atoms with Crippen molar-refractivity contribution >= 4 is 78.9 Å². The maximum absolute atomic E-state index is 9.59. The second kappa shape index (κ2) is 11.8. The van der Waals surface area contributed by atoms with Gasteiger partial charge in [0.15, 0.2) is 24.0 Å². The number of nitrogen functional groups attached to an aromatic ring is 2. The minimum absolute atomic E-state index is 0.134. The Morgan fingerprint density at radius 3 is 1.57 bits per heavy atom. The molecule has 4 fully saturated rings. The third-order valence-electron chi connectivity index (χ3n) is 8.40. The molecule has 4 aliphatic heterocycles. The summed E-state index contributed by atoms with van der Waals surface area (Å²) in [5.41, 5.74) is 19.2. The number of fused-ring (bicyclic) bond motifs is 4. The van der Waals surface area contributed by atoms with E-state index < -0.39 is 23.9 Å². The number of aliphatic hydroxyl groups is 1. The average molecular weight is 863 g/mol. The van der Waals surface area contributed by atoms with Gasteiger partial charge in [-0.2, -0.15) is 0 Å². The summed E-state index contributed by atoms with van der Waals surface area (Å²) in [6.45, 7) is 7.74. The fourth-order valence-corrected chi connectivity index (χ4v) is 8.25. The van der Waals surface area contributed by atoms with Crippen molar-refractivity contribution in [3.05, 3.63) is 32.2 Å². The van der Waals surface area contributed by atoms with Crippen molar-refractivity contribution in [1.82, 2.24) is 29.1 Å². The summed E-state index contributed by atoms with van der Waals surface area (Å²) in [5, 5.41) is 11.2. The van der Waals surface area contributed by atoms with Crippen LogP contribution in [0.4, 0.5) is 11.6 Å². The normalized spacial score (nSPS) is 32.5. The number of hydrogen-bond acceptors (Lipinski definition) is 14. The lowest BCUT2D eigenvalue weighted by Gasteiger charge is -2.24. The number of nitrogens with two attached hydrogens (primary N) is 3. The smallest absolute Gasteiger partial charge is 0.164 e. The molecule has 0 aromatic carbocycles. The first-order valence-corrected chi connectivity index (χ1v) is 16.8. The maximum Gasteiger partial charge on any atom is 0.164 e. The van der Waals surface area contributed by atoms with Gasteiger partial charge in [-0.05, 0) is 72.9 Å². The standard InChI is InChI=1S/C14H18IN5O3.C14H17IN4O4/c1-14(2)22-9-7(3-16)21-13(10(9)23-14)20-4-6(15)8-11(17)18-5-19-12(8)20;1-14(2)22-9-7(4-20)21-13(10(9)23-14)19-3-6(15)8-11(16)17-5-18-12(8)19/h4-5,7,9-10,13H,3,16H2,1-2H3,(H2,17,18,19);3,5,7,9-10,13,20H,4H2,1-2H3,(H2,16,17,18)/t2*7-,9-,10-,13-/m11/s1. The van der Waals surface area contributed by atoms with E-state index in [2.05, 4.69) is 65.1 Å². The van der Waals surface area contributed by atoms with E-state index in [0.29, 0.717) is 23.8 Å². The molecule has 0 spiro atoms. The first-order chi connectivity index (χ1) is 21.8. The van der Waals surface area contributed by atoms with Crippen LogP contribution in [0.5, 0.6) is 0 Å². The number of rotatable bonds is 4. The zero-order valence-corrected chi connectivity index (χ0v) is 29.7. The van der Waals surface area contributed by atoms with Gasteiger partial charge in [0.2, 0.25) is 0 Å². The van der Waals surface area contributed by atoms with Gasteiger partial charge in [-0.15, -0.1) is 0 Å². The molecule has 7 N–H and O–H groups in total. The minimum atomic E-state index is -0.713. The Balaban J connectivity index is 0.000000147. The van der Waals surface area contributed by atoms with Gasteiger partial charge < -0.3 is 59.9 Å². The van der Waals surface area contributed by atoms with Crippen LogP contribution in [-0.2, 0) is 28.4 Å². The van der Waals surface area contributed by atoms with Gasteiger partial charge >= 0.3 is 0 Å². The molecule has 0 bridgehead atoms. The second-order valence-electron chi connectivity index (χ2n) is 12.4. The molecule has 16 nitrogen and oxygen atoms in total. The Morgan fingerprint density at radius 2 is 1.13 bits per heavy atom. The van der Waals surface area contributed by atoms with Crippen molar-refractivity contribution in [3.8, 4) is 0 Å². The van der Waals surface area contributed by atoms with Crippen LogP contribution in [0, 0.1) is 7.14 Å². The van der Waals surface area contributed by atoms with Crippen molar-refractivity contribution in [2.24, 2.45) is 5.73 Å². The van der Waals surface area contributed by atoms with Crippen LogP contribution in [0.15, 0.2) is 25.0 Å². The van der Waals surface area contributed by atoms with Crippen LogP contribution in [0.2, 0.25) is 0 Å². The lowest BCUT2D eigenvalue weighted by Crippen LogP contribution is -2.34. The summed E-state index contributed by atoms with van der Waals surface area (Å²) in [7, 11) is 0. The van der Waals surface area contributed by atoms with Crippen molar-refractivity contribution in [2.45, 2.75) is 88.3 Å². The van der Waals surface area contributed by atoms with Gasteiger partial charge in [0.05, 0.1) is 17.4 Å². The topological polar surface area (TPSA) is 215 Å². The number of anilines is 2. The van der Waals surface area contributed by atoms with Gasteiger partial charge in [0, 0.05) is 26.1 Å². The van der Waals surface area contributed by atoms with Crippen molar-refractivity contribution in [3.63, 3.8) is 0 Å². The molecule has 0 unspecified atom stereocenters. The minimum Gasteiger partial charge on any atom is -0.394 e. The number of ether oxygens (including phenoxy) is 6. The molecular formula is C28H35I2N9O7. The Bertz CT molecular complexity index is 1660. The Labute approximate surface area is 290 Å². The van der Waals surface area contributed by atoms with E-state index in [4.69, 9.17) is 45.6 Å². The third kappa shape index (κ3) is 5.43. The van der Waals surface area contributed by atoms with E-state index in [1.807, 2.05) is 49.2 Å². The highest BCUT2D eigenvalue weighted by Crippen LogP contribution is 2.46. The van der Waals surface area contributed by atoms with Crippen molar-refractivity contribution < 1.29 is 33.5 Å². The molecule has 18 heteroatoms. The summed E-state index contributed by atoms with van der Waals surface area (Å²) >= 11 is 4.41. The summed E-state index contributed by atoms with van der Waals surface area (Å²) in [6.07, 6.45) is 4.16. The van der Waals surface area contributed by atoms with Gasteiger partial charge in [-0.3, -0.25) is 0 Å². The van der Waals surface area contributed by atoms with Gasteiger partial charge in [-0.25, -0.2) is 19.9 Å². The number of aliphatic hydroxyl groups excluding tert-OH is 1. The van der Waals surface area contributed by atoms with Crippen LogP contribution in [0.1, 0.15) is 40.2 Å². The van der Waals surface area contributed by atoms with Crippen LogP contribution in [0.3, 0.4) is 0 Å². The van der Waals surface area contributed by atoms with Gasteiger partial charge in [0.25, 0.3) is 0 Å². The quantitative estimate of drug-likeness (QED) is 0.216. The highest BCUT2D eigenvalue weighted by molar-refractivity contribution is 14.1. The number of hydrogen-bond donors (Lipinski definition) is 4. The predicted octanol–water partition coefficient (Wildman–Crippen LogP) is 2.02. The Morgan fingerprint density at radius 1 is 0.717 bits per heavy atom. The summed E-state index contributed by atoms with van der Waals surface area (Å²) in [6, 6.07) is 0. The van der Waals surface area contributed by atoms with Gasteiger partial charge in [-0.1, -0.05) is 0 Å². The molecule has 248 valence electrons. The van der Waals surface area contributed by atoms with Gasteiger partial charge in [0.1, 0.15) is 72.2 Å². The van der Waals surface area contributed by atoms with Crippen LogP contribution < -0.4 is 17.2 Å². The molecule has 4 aromatic heterocycles. The number of halogens is 2. The van der Waals surface area contributed by atoms with Crippen molar-refractivity contribution in [2.75, 3.05) is 24.6 Å². The molecule has 8 heterocycles. The molecule has 0 amide bonds. The molecule has 4 saturated heterocycles. The van der Waals surface area contributed by atoms with E-state index in [1.54, 1.807) is 0 Å².